The average Bonchev–Trinajstić information content (AvgIpc) is 3.23. The van der Waals surface area contributed by atoms with Gasteiger partial charge in [-0.3, -0.25) is 19.8 Å². The van der Waals surface area contributed by atoms with Crippen LogP contribution < -0.4 is 14.9 Å². The fraction of sp³-hybridized carbons (Fsp3) is 0.295. The van der Waals surface area contributed by atoms with Crippen molar-refractivity contribution >= 4 is 56.5 Å². The molecule has 0 radical (unpaired) electrons. The van der Waals surface area contributed by atoms with E-state index in [4.69, 9.17) is 0 Å². The summed E-state index contributed by atoms with van der Waals surface area (Å²) in [5.41, 5.74) is 4.68. The van der Waals surface area contributed by atoms with E-state index in [0.29, 0.717) is 0 Å². The number of amides is 1. The maximum atomic E-state index is 13.4. The van der Waals surface area contributed by atoms with Crippen LogP contribution in [0, 0.1) is 10.1 Å². The lowest BCUT2D eigenvalue weighted by Crippen LogP contribution is -2.46. The van der Waals surface area contributed by atoms with E-state index in [-0.39, 0.29) is 27.9 Å². The smallest absolute Gasteiger partial charge is 0.293 e. The van der Waals surface area contributed by atoms with Gasteiger partial charge < -0.3 is 15.1 Å². The summed E-state index contributed by atoms with van der Waals surface area (Å²) in [7, 11) is -0.481. The number of carbonyl (C=O) groups is 1. The second-order valence-corrected chi connectivity index (χ2v) is 18.2. The molecule has 0 spiro atoms. The minimum Gasteiger partial charge on any atom is -0.377 e. The van der Waals surface area contributed by atoms with Crippen LogP contribution in [0.1, 0.15) is 28.8 Å². The van der Waals surface area contributed by atoms with Gasteiger partial charge in [0.15, 0.2) is 0 Å². The molecule has 2 N–H and O–H groups in total. The van der Waals surface area contributed by atoms with Crippen molar-refractivity contribution in [3.05, 3.63) is 143 Å². The SMILES string of the molecule is CSc1ccc(-c2ccccc2CN2CCN(c3ccc(C(=O)NS(=O)(=O)c4ccc(N[C@@H](CCSc5ccccc5)CCN(C)C)c([N+](=O)[O-])c4)cc3)CC2)cc1. The molecule has 1 saturated heterocycles. The number of hydrogen-bond acceptors (Lipinski definition) is 11. The zero-order valence-electron chi connectivity index (χ0n) is 33.0. The quantitative estimate of drug-likeness (QED) is 0.0502. The molecule has 11 nitrogen and oxygen atoms in total. The minimum absolute atomic E-state index is 0.0950. The normalized spacial score (nSPS) is 14.0. The van der Waals surface area contributed by atoms with Crippen LogP contribution in [-0.4, -0.2) is 93.9 Å². The number of anilines is 2. The van der Waals surface area contributed by atoms with E-state index in [2.05, 4.69) is 79.5 Å². The lowest BCUT2D eigenvalue weighted by atomic mass is 9.99. The number of rotatable bonds is 18. The fourth-order valence-electron chi connectivity index (χ4n) is 6.89. The van der Waals surface area contributed by atoms with Crippen molar-refractivity contribution in [3.63, 3.8) is 0 Å². The molecule has 1 heterocycles. The van der Waals surface area contributed by atoms with Crippen molar-refractivity contribution in [1.82, 2.24) is 14.5 Å². The Morgan fingerprint density at radius 1 is 0.845 bits per heavy atom. The van der Waals surface area contributed by atoms with Gasteiger partial charge in [-0.15, -0.1) is 23.5 Å². The average molecular weight is 839 g/mol. The highest BCUT2D eigenvalue weighted by Crippen LogP contribution is 2.31. The van der Waals surface area contributed by atoms with Crippen molar-refractivity contribution < 1.29 is 18.1 Å². The Morgan fingerprint density at radius 3 is 2.21 bits per heavy atom. The predicted molar refractivity (Wildman–Crippen MR) is 238 cm³/mol. The predicted octanol–water partition coefficient (Wildman–Crippen LogP) is 8.34. The Bertz CT molecular complexity index is 2250. The number of carbonyl (C=O) groups excluding carboxylic acids is 1. The molecule has 14 heteroatoms. The molecule has 1 aliphatic rings. The molecule has 0 bridgehead atoms. The molecule has 1 fully saturated rings. The molecule has 6 rings (SSSR count). The van der Waals surface area contributed by atoms with E-state index in [1.165, 1.54) is 33.7 Å². The lowest BCUT2D eigenvalue weighted by molar-refractivity contribution is -0.384. The second-order valence-electron chi connectivity index (χ2n) is 14.4. The molecule has 1 atom stereocenters. The number of nitrogens with zero attached hydrogens (tertiary/aromatic N) is 4. The van der Waals surface area contributed by atoms with Gasteiger partial charge in [-0.1, -0.05) is 54.6 Å². The molecule has 0 aromatic heterocycles. The van der Waals surface area contributed by atoms with Crippen LogP contribution in [0.4, 0.5) is 17.1 Å². The van der Waals surface area contributed by atoms with Gasteiger partial charge in [0.25, 0.3) is 21.6 Å². The van der Waals surface area contributed by atoms with E-state index in [1.54, 1.807) is 35.7 Å². The maximum Gasteiger partial charge on any atom is 0.293 e. The molecule has 58 heavy (non-hydrogen) atoms. The van der Waals surface area contributed by atoms with E-state index in [0.717, 1.165) is 74.5 Å². The van der Waals surface area contributed by atoms with Crippen LogP contribution in [0.3, 0.4) is 0 Å². The van der Waals surface area contributed by atoms with Gasteiger partial charge in [0.05, 0.1) is 9.82 Å². The Balaban J connectivity index is 1.05. The summed E-state index contributed by atoms with van der Waals surface area (Å²) < 4.78 is 28.9. The van der Waals surface area contributed by atoms with Crippen LogP contribution in [0.25, 0.3) is 11.1 Å². The van der Waals surface area contributed by atoms with Gasteiger partial charge in [0.2, 0.25) is 0 Å². The van der Waals surface area contributed by atoms with Crippen molar-refractivity contribution in [2.24, 2.45) is 0 Å². The van der Waals surface area contributed by atoms with Crippen LogP contribution in [0.5, 0.6) is 0 Å². The van der Waals surface area contributed by atoms with Crippen molar-refractivity contribution in [1.29, 1.82) is 0 Å². The molecule has 1 aliphatic heterocycles. The monoisotopic (exact) mass is 838 g/mol. The summed E-state index contributed by atoms with van der Waals surface area (Å²) >= 11 is 3.44. The van der Waals surface area contributed by atoms with Gasteiger partial charge >= 0.3 is 0 Å². The number of sulfonamides is 1. The molecular formula is C44H50N6O5S3. The first kappa shape index (κ1) is 42.7. The van der Waals surface area contributed by atoms with E-state index < -0.39 is 20.9 Å². The fourth-order valence-corrected chi connectivity index (χ4v) is 9.28. The topological polar surface area (TPSA) is 128 Å². The first-order valence-electron chi connectivity index (χ1n) is 19.2. The Hall–Kier alpha value is -4.86. The molecule has 0 saturated carbocycles. The number of nitro benzene ring substituents is 1. The van der Waals surface area contributed by atoms with Crippen molar-refractivity contribution in [2.45, 2.75) is 40.1 Å². The second kappa shape index (κ2) is 20.2. The molecule has 0 unspecified atom stereocenters. The molecule has 5 aromatic carbocycles. The van der Waals surface area contributed by atoms with E-state index in [9.17, 15) is 23.3 Å². The highest BCUT2D eigenvalue weighted by Gasteiger charge is 2.26. The highest BCUT2D eigenvalue weighted by molar-refractivity contribution is 7.99. The number of piperazine rings is 1. The van der Waals surface area contributed by atoms with Gasteiger partial charge in [-0.25, -0.2) is 13.1 Å². The molecular weight excluding hydrogens is 789 g/mol. The zero-order valence-corrected chi connectivity index (χ0v) is 35.5. The van der Waals surface area contributed by atoms with Crippen LogP contribution in [-0.2, 0) is 16.6 Å². The van der Waals surface area contributed by atoms with E-state index in [1.807, 2.05) is 56.6 Å². The van der Waals surface area contributed by atoms with Crippen LogP contribution >= 0.6 is 23.5 Å². The number of thioether (sulfide) groups is 2. The summed E-state index contributed by atoms with van der Waals surface area (Å²) in [5, 5.41) is 15.5. The lowest BCUT2D eigenvalue weighted by Gasteiger charge is -2.36. The summed E-state index contributed by atoms with van der Waals surface area (Å²) in [6, 6.07) is 37.7. The zero-order chi connectivity index (χ0) is 41.1. The summed E-state index contributed by atoms with van der Waals surface area (Å²) in [6.45, 7) is 4.95. The van der Waals surface area contributed by atoms with Gasteiger partial charge in [-0.05, 0) is 123 Å². The summed E-state index contributed by atoms with van der Waals surface area (Å²) in [5.74, 6) is -0.0219. The van der Waals surface area contributed by atoms with Gasteiger partial charge in [0.1, 0.15) is 5.69 Å². The van der Waals surface area contributed by atoms with Crippen molar-refractivity contribution in [2.75, 3.05) is 69.0 Å². The summed E-state index contributed by atoms with van der Waals surface area (Å²) in [6.07, 6.45) is 3.55. The van der Waals surface area contributed by atoms with Crippen LogP contribution in [0.2, 0.25) is 0 Å². The molecule has 5 aromatic rings. The van der Waals surface area contributed by atoms with Crippen LogP contribution in [0.15, 0.2) is 136 Å². The largest absolute Gasteiger partial charge is 0.377 e. The number of benzene rings is 5. The third-order valence-electron chi connectivity index (χ3n) is 10.1. The standard InChI is InChI=1S/C44H50N6O5S3/c1-47(2)25-23-36(24-30-57-39-10-5-4-6-11-39)45-42-22-21-40(31-43(42)50(52)53)58(54,55)46-44(51)34-13-17-37(18-14-34)49-28-26-48(27-29-49)32-35-9-7-8-12-41(35)33-15-19-38(56-3)20-16-33/h4-22,31,36,45H,23-30,32H2,1-3H3,(H,46,51)/t36-/m1/s1. The number of nitro groups is 1. The molecule has 304 valence electrons. The molecule has 1 amide bonds. The summed E-state index contributed by atoms with van der Waals surface area (Å²) in [4.78, 5) is 33.6. The third kappa shape index (κ3) is 11.6. The first-order chi connectivity index (χ1) is 28.0. The molecule has 0 aliphatic carbocycles. The van der Waals surface area contributed by atoms with Gasteiger partial charge in [-0.2, -0.15) is 0 Å². The Morgan fingerprint density at radius 2 is 1.53 bits per heavy atom. The third-order valence-corrected chi connectivity index (χ3v) is 13.3. The van der Waals surface area contributed by atoms with E-state index >= 15 is 0 Å². The maximum absolute atomic E-state index is 13.4. The Labute approximate surface area is 350 Å². The highest BCUT2D eigenvalue weighted by atomic mass is 32.2. The number of nitrogens with one attached hydrogen (secondary N) is 2. The number of hydrogen-bond donors (Lipinski definition) is 2. The first-order valence-corrected chi connectivity index (χ1v) is 22.9. The van der Waals surface area contributed by atoms with Crippen molar-refractivity contribution in [3.8, 4) is 11.1 Å². The Kier molecular flexibility index (Phi) is 14.9. The van der Waals surface area contributed by atoms with Gasteiger partial charge in [0, 0.05) is 65.9 Å². The minimum atomic E-state index is -4.42.